The topological polar surface area (TPSA) is 111 Å². The molecule has 0 aliphatic heterocycles. The molecule has 0 aromatic heterocycles. The quantitative estimate of drug-likeness (QED) is 0.701. The molecule has 0 radical (unpaired) electrons. The number of carbonyl (C=O) groups is 2. The zero-order chi connectivity index (χ0) is 20.0. The van der Waals surface area contributed by atoms with Crippen LogP contribution >= 0.6 is 0 Å². The maximum absolute atomic E-state index is 12.7. The summed E-state index contributed by atoms with van der Waals surface area (Å²) in [6, 6.07) is 10.1. The SMILES string of the molecule is CCOC(=O)c1ccc(NS(=O)(=O)c2cc(NC(C)=O)ccc2OC)cc1. The van der Waals surface area contributed by atoms with E-state index < -0.39 is 16.0 Å². The van der Waals surface area contributed by atoms with Gasteiger partial charge in [-0.3, -0.25) is 9.52 Å². The Kier molecular flexibility index (Phi) is 6.40. The first-order valence-corrected chi connectivity index (χ1v) is 9.50. The molecule has 144 valence electrons. The minimum Gasteiger partial charge on any atom is -0.495 e. The summed E-state index contributed by atoms with van der Waals surface area (Å²) in [4.78, 5) is 22.7. The third-order valence-electron chi connectivity index (χ3n) is 3.42. The maximum Gasteiger partial charge on any atom is 0.338 e. The number of hydrogen-bond donors (Lipinski definition) is 2. The summed E-state index contributed by atoms with van der Waals surface area (Å²) in [7, 11) is -2.65. The second kappa shape index (κ2) is 8.54. The van der Waals surface area contributed by atoms with E-state index in [-0.39, 0.29) is 28.8 Å². The summed E-state index contributed by atoms with van der Waals surface area (Å²) >= 11 is 0. The van der Waals surface area contributed by atoms with Gasteiger partial charge in [0.2, 0.25) is 5.91 Å². The predicted octanol–water partition coefficient (Wildman–Crippen LogP) is 2.63. The van der Waals surface area contributed by atoms with E-state index in [9.17, 15) is 18.0 Å². The van der Waals surface area contributed by atoms with Crippen LogP contribution in [0.1, 0.15) is 24.2 Å². The van der Waals surface area contributed by atoms with Crippen molar-refractivity contribution in [2.45, 2.75) is 18.7 Å². The molecule has 0 spiro atoms. The third-order valence-corrected chi connectivity index (χ3v) is 4.82. The first kappa shape index (κ1) is 20.2. The number of esters is 1. The summed E-state index contributed by atoms with van der Waals surface area (Å²) in [5.41, 5.74) is 0.890. The molecule has 0 saturated heterocycles. The lowest BCUT2D eigenvalue weighted by Crippen LogP contribution is -2.15. The van der Waals surface area contributed by atoms with Gasteiger partial charge in [-0.25, -0.2) is 13.2 Å². The first-order chi connectivity index (χ1) is 12.8. The van der Waals surface area contributed by atoms with Crippen molar-refractivity contribution in [1.82, 2.24) is 0 Å². The molecular weight excluding hydrogens is 372 g/mol. The predicted molar refractivity (Wildman–Crippen MR) is 101 cm³/mol. The number of amides is 1. The summed E-state index contributed by atoms with van der Waals surface area (Å²) in [5.74, 6) is -0.692. The van der Waals surface area contributed by atoms with E-state index >= 15 is 0 Å². The van der Waals surface area contributed by atoms with Crippen LogP contribution in [-0.2, 0) is 19.6 Å². The van der Waals surface area contributed by atoms with Gasteiger partial charge in [0.1, 0.15) is 10.6 Å². The lowest BCUT2D eigenvalue weighted by molar-refractivity contribution is -0.114. The number of anilines is 2. The lowest BCUT2D eigenvalue weighted by Gasteiger charge is -2.13. The number of benzene rings is 2. The normalized spacial score (nSPS) is 10.8. The molecule has 2 rings (SSSR count). The van der Waals surface area contributed by atoms with Crippen LogP contribution in [0.3, 0.4) is 0 Å². The Labute approximate surface area is 157 Å². The Morgan fingerprint density at radius 2 is 1.67 bits per heavy atom. The van der Waals surface area contributed by atoms with Crippen LogP contribution in [0.5, 0.6) is 5.75 Å². The van der Waals surface area contributed by atoms with Crippen molar-refractivity contribution < 1.29 is 27.5 Å². The summed E-state index contributed by atoms with van der Waals surface area (Å²) < 4.78 is 37.9. The van der Waals surface area contributed by atoms with Gasteiger partial charge >= 0.3 is 5.97 Å². The fourth-order valence-corrected chi connectivity index (χ4v) is 3.52. The van der Waals surface area contributed by atoms with Crippen LogP contribution in [0, 0.1) is 0 Å². The van der Waals surface area contributed by atoms with Gasteiger partial charge in [0, 0.05) is 18.3 Å². The van der Waals surface area contributed by atoms with Gasteiger partial charge in [-0.05, 0) is 49.4 Å². The Bertz CT molecular complexity index is 939. The summed E-state index contributed by atoms with van der Waals surface area (Å²) in [5, 5.41) is 2.53. The van der Waals surface area contributed by atoms with Crippen molar-refractivity contribution in [2.75, 3.05) is 23.8 Å². The number of sulfonamides is 1. The van der Waals surface area contributed by atoms with Crippen molar-refractivity contribution in [3.63, 3.8) is 0 Å². The van der Waals surface area contributed by atoms with E-state index in [1.54, 1.807) is 6.92 Å². The summed E-state index contributed by atoms with van der Waals surface area (Å²) in [6.45, 7) is 3.27. The first-order valence-electron chi connectivity index (χ1n) is 8.02. The number of hydrogen-bond acceptors (Lipinski definition) is 6. The smallest absolute Gasteiger partial charge is 0.338 e. The lowest BCUT2D eigenvalue weighted by atomic mass is 10.2. The number of methoxy groups -OCH3 is 1. The number of ether oxygens (including phenoxy) is 2. The molecule has 0 heterocycles. The fraction of sp³-hybridized carbons (Fsp3) is 0.222. The van der Waals surface area contributed by atoms with Crippen LogP contribution < -0.4 is 14.8 Å². The fourth-order valence-electron chi connectivity index (χ4n) is 2.27. The standard InChI is InChI=1S/C18H20N2O6S/c1-4-26-18(22)13-5-7-14(8-6-13)20-27(23,24)17-11-15(19-12(2)21)9-10-16(17)25-3/h5-11,20H,4H2,1-3H3,(H,19,21). The van der Waals surface area contributed by atoms with Gasteiger partial charge in [-0.1, -0.05) is 0 Å². The molecule has 9 heteroatoms. The highest BCUT2D eigenvalue weighted by molar-refractivity contribution is 7.92. The second-order valence-corrected chi connectivity index (χ2v) is 7.10. The van der Waals surface area contributed by atoms with E-state index in [0.29, 0.717) is 11.3 Å². The van der Waals surface area contributed by atoms with Crippen molar-refractivity contribution in [1.29, 1.82) is 0 Å². The largest absolute Gasteiger partial charge is 0.495 e. The average molecular weight is 392 g/mol. The molecular formula is C18H20N2O6S. The molecule has 0 fully saturated rings. The van der Waals surface area contributed by atoms with Gasteiger partial charge in [0.25, 0.3) is 10.0 Å². The Balaban J connectivity index is 2.30. The molecule has 8 nitrogen and oxygen atoms in total. The van der Waals surface area contributed by atoms with Crippen LogP contribution in [-0.4, -0.2) is 34.0 Å². The molecule has 1 amide bonds. The minimum atomic E-state index is -4.00. The minimum absolute atomic E-state index is 0.125. The Morgan fingerprint density at radius 3 is 2.22 bits per heavy atom. The molecule has 0 aliphatic rings. The zero-order valence-corrected chi connectivity index (χ0v) is 15.9. The highest BCUT2D eigenvalue weighted by Gasteiger charge is 2.21. The molecule has 0 bridgehead atoms. The molecule has 2 aromatic carbocycles. The van der Waals surface area contributed by atoms with E-state index in [0.717, 1.165) is 0 Å². The number of carbonyl (C=O) groups excluding carboxylic acids is 2. The van der Waals surface area contributed by atoms with Crippen molar-refractivity contribution >= 4 is 33.3 Å². The van der Waals surface area contributed by atoms with Crippen molar-refractivity contribution in [3.05, 3.63) is 48.0 Å². The van der Waals surface area contributed by atoms with Gasteiger partial charge in [-0.15, -0.1) is 0 Å². The van der Waals surface area contributed by atoms with E-state index in [2.05, 4.69) is 10.0 Å². The van der Waals surface area contributed by atoms with Crippen molar-refractivity contribution in [3.8, 4) is 5.75 Å². The zero-order valence-electron chi connectivity index (χ0n) is 15.1. The number of nitrogens with one attached hydrogen (secondary N) is 2. The third kappa shape index (κ3) is 5.20. The van der Waals surface area contributed by atoms with E-state index in [1.165, 1.54) is 56.5 Å². The summed E-state index contributed by atoms with van der Waals surface area (Å²) in [6.07, 6.45) is 0. The van der Waals surface area contributed by atoms with E-state index in [1.807, 2.05) is 0 Å². The molecule has 0 saturated carbocycles. The van der Waals surface area contributed by atoms with Crippen molar-refractivity contribution in [2.24, 2.45) is 0 Å². The van der Waals surface area contributed by atoms with Crippen LogP contribution in [0.15, 0.2) is 47.4 Å². The van der Waals surface area contributed by atoms with Crippen LogP contribution in [0.25, 0.3) is 0 Å². The van der Waals surface area contributed by atoms with Gasteiger partial charge in [0.15, 0.2) is 0 Å². The second-order valence-electron chi connectivity index (χ2n) is 5.45. The monoisotopic (exact) mass is 392 g/mol. The Morgan fingerprint density at radius 1 is 1.04 bits per heavy atom. The molecule has 0 aliphatic carbocycles. The van der Waals surface area contributed by atoms with E-state index in [4.69, 9.17) is 9.47 Å². The van der Waals surface area contributed by atoms with Crippen LogP contribution in [0.4, 0.5) is 11.4 Å². The molecule has 2 aromatic rings. The van der Waals surface area contributed by atoms with Crippen LogP contribution in [0.2, 0.25) is 0 Å². The highest BCUT2D eigenvalue weighted by Crippen LogP contribution is 2.29. The maximum atomic E-state index is 12.7. The van der Waals surface area contributed by atoms with Gasteiger partial charge in [-0.2, -0.15) is 0 Å². The van der Waals surface area contributed by atoms with Gasteiger partial charge in [0.05, 0.1) is 19.3 Å². The van der Waals surface area contributed by atoms with Gasteiger partial charge < -0.3 is 14.8 Å². The molecule has 27 heavy (non-hydrogen) atoms. The molecule has 0 unspecified atom stereocenters. The number of rotatable bonds is 7. The molecule has 0 atom stereocenters. The average Bonchev–Trinajstić information content (AvgIpc) is 2.61. The molecule has 2 N–H and O–H groups in total. The highest BCUT2D eigenvalue weighted by atomic mass is 32.2. The Hall–Kier alpha value is -3.07.